The highest BCUT2D eigenvalue weighted by Gasteiger charge is 2.35. The summed E-state index contributed by atoms with van der Waals surface area (Å²) in [6, 6.07) is 15.4. The molecule has 1 unspecified atom stereocenters. The second-order valence-corrected chi connectivity index (χ2v) is 8.01. The van der Waals surface area contributed by atoms with E-state index in [0.29, 0.717) is 24.9 Å². The van der Waals surface area contributed by atoms with Gasteiger partial charge in [0.05, 0.1) is 18.2 Å². The fourth-order valence-corrected chi connectivity index (χ4v) is 4.06. The van der Waals surface area contributed by atoms with Gasteiger partial charge in [0, 0.05) is 17.8 Å². The normalized spacial score (nSPS) is 16.2. The van der Waals surface area contributed by atoms with E-state index in [1.807, 2.05) is 45.0 Å². The van der Waals surface area contributed by atoms with Crippen LogP contribution in [0.3, 0.4) is 0 Å². The van der Waals surface area contributed by atoms with Gasteiger partial charge in [-0.3, -0.25) is 4.90 Å². The molecule has 1 aliphatic heterocycles. The van der Waals surface area contributed by atoms with E-state index in [1.165, 1.54) is 5.56 Å². The summed E-state index contributed by atoms with van der Waals surface area (Å²) in [6.45, 7) is 9.29. The molecule has 1 aromatic heterocycles. The summed E-state index contributed by atoms with van der Waals surface area (Å²) in [6.07, 6.45) is 1.80. The number of aryl methyl sites for hydroxylation is 1. The fraction of sp³-hybridized carbons (Fsp3) is 0.346. The molecule has 1 atom stereocenters. The van der Waals surface area contributed by atoms with E-state index < -0.39 is 0 Å². The molecule has 2 aromatic carbocycles. The molecule has 0 bridgehead atoms. The van der Waals surface area contributed by atoms with Crippen LogP contribution < -0.4 is 10.1 Å². The zero-order valence-electron chi connectivity index (χ0n) is 19.6. The molecule has 0 saturated carbocycles. The van der Waals surface area contributed by atoms with Crippen molar-refractivity contribution in [2.75, 3.05) is 13.2 Å². The highest BCUT2D eigenvalue weighted by Crippen LogP contribution is 2.37. The first-order valence-electron chi connectivity index (χ1n) is 11.5. The molecule has 0 radical (unpaired) electrons. The highest BCUT2D eigenvalue weighted by molar-refractivity contribution is 5.86. The Morgan fingerprint density at radius 1 is 1.06 bits per heavy atom. The van der Waals surface area contributed by atoms with Gasteiger partial charge in [0.15, 0.2) is 0 Å². The van der Waals surface area contributed by atoms with Crippen LogP contribution in [0.4, 0.5) is 4.79 Å². The number of carbonyl (C=O) groups excluding carboxylic acids is 1. The maximum atomic E-state index is 12.9. The molecule has 1 N–H and O–H groups in total. The molecule has 3 aromatic rings. The number of benzene rings is 2. The lowest BCUT2D eigenvalue weighted by Gasteiger charge is -2.35. The number of aromatic nitrogens is 2. The first kappa shape index (κ1) is 22.6. The van der Waals surface area contributed by atoms with E-state index in [2.05, 4.69) is 41.7 Å². The molecule has 0 saturated heterocycles. The van der Waals surface area contributed by atoms with Crippen LogP contribution in [-0.4, -0.2) is 34.2 Å². The average molecular weight is 447 g/mol. The van der Waals surface area contributed by atoms with Crippen LogP contribution >= 0.6 is 0 Å². The molecule has 0 spiro atoms. The van der Waals surface area contributed by atoms with Crippen LogP contribution in [0.1, 0.15) is 57.2 Å². The van der Waals surface area contributed by atoms with Crippen molar-refractivity contribution in [1.29, 1.82) is 0 Å². The number of ether oxygens (including phenoxy) is 1. The summed E-state index contributed by atoms with van der Waals surface area (Å²) in [7, 11) is 0. The summed E-state index contributed by atoms with van der Waals surface area (Å²) < 4.78 is 11.3. The lowest BCUT2D eigenvalue weighted by Crippen LogP contribution is -2.46. The molecular weight excluding hydrogens is 416 g/mol. The van der Waals surface area contributed by atoms with E-state index in [9.17, 15) is 4.79 Å². The van der Waals surface area contributed by atoms with Gasteiger partial charge in [-0.15, -0.1) is 0 Å². The van der Waals surface area contributed by atoms with Crippen LogP contribution in [0, 0.1) is 0 Å². The van der Waals surface area contributed by atoms with Crippen molar-refractivity contribution in [3.8, 4) is 17.1 Å². The molecule has 1 aliphatic rings. The van der Waals surface area contributed by atoms with Crippen molar-refractivity contribution in [1.82, 2.24) is 20.4 Å². The van der Waals surface area contributed by atoms with Gasteiger partial charge in [0.2, 0.25) is 5.82 Å². The zero-order valence-corrected chi connectivity index (χ0v) is 19.6. The van der Waals surface area contributed by atoms with E-state index in [-0.39, 0.29) is 12.1 Å². The van der Waals surface area contributed by atoms with Crippen molar-refractivity contribution < 1.29 is 14.1 Å². The molecule has 2 heterocycles. The van der Waals surface area contributed by atoms with Crippen molar-refractivity contribution in [3.05, 3.63) is 71.2 Å². The first-order valence-corrected chi connectivity index (χ1v) is 11.5. The molecule has 0 fully saturated rings. The summed E-state index contributed by atoms with van der Waals surface area (Å²) in [5.41, 5.74) is 4.70. The Labute approximate surface area is 194 Å². The van der Waals surface area contributed by atoms with Crippen LogP contribution in [0.2, 0.25) is 0 Å². The predicted octanol–water partition coefficient (Wildman–Crippen LogP) is 5.61. The second-order valence-electron chi connectivity index (χ2n) is 8.01. The molecular formula is C26H30N4O3. The maximum Gasteiger partial charge on any atom is 0.322 e. The zero-order chi connectivity index (χ0) is 23.4. The van der Waals surface area contributed by atoms with E-state index in [1.54, 1.807) is 4.90 Å². The van der Waals surface area contributed by atoms with Crippen LogP contribution in [0.25, 0.3) is 17.0 Å². The lowest BCUT2D eigenvalue weighted by atomic mass is 9.93. The average Bonchev–Trinajstić information content (AvgIpc) is 3.32. The standard InChI is InChI=1S/C26H30N4O3/c1-5-16-30-17(4)22(23(27-26(30)31)19-10-8-18(6-2)9-11-19)25-28-24(29-33-25)20-12-14-21(15-13-20)32-7-3/h8-15,23H,5-7,16H2,1-4H3,(H,27,31). The third-order valence-electron chi connectivity index (χ3n) is 5.84. The number of hydrogen-bond acceptors (Lipinski definition) is 5. The molecule has 7 heteroatoms. The molecule has 2 amide bonds. The highest BCUT2D eigenvalue weighted by atomic mass is 16.5. The lowest BCUT2D eigenvalue weighted by molar-refractivity contribution is 0.205. The summed E-state index contributed by atoms with van der Waals surface area (Å²) in [5, 5.41) is 7.36. The number of hydrogen-bond donors (Lipinski definition) is 1. The SMILES string of the molecule is CCCN1C(=O)NC(c2ccc(CC)cc2)C(c2nc(-c3ccc(OCC)cc3)no2)=C1C. The van der Waals surface area contributed by atoms with Crippen molar-refractivity contribution in [2.24, 2.45) is 0 Å². The van der Waals surface area contributed by atoms with Crippen molar-refractivity contribution in [2.45, 2.75) is 46.6 Å². The third-order valence-corrected chi connectivity index (χ3v) is 5.84. The number of nitrogens with one attached hydrogen (secondary N) is 1. The van der Waals surface area contributed by atoms with Gasteiger partial charge in [-0.1, -0.05) is 43.3 Å². The number of allylic oxidation sites excluding steroid dienone is 1. The van der Waals surface area contributed by atoms with Gasteiger partial charge in [0.1, 0.15) is 5.75 Å². The van der Waals surface area contributed by atoms with E-state index in [4.69, 9.17) is 14.2 Å². The Morgan fingerprint density at radius 2 is 1.79 bits per heavy atom. The van der Waals surface area contributed by atoms with Gasteiger partial charge >= 0.3 is 6.03 Å². The summed E-state index contributed by atoms with van der Waals surface area (Å²) >= 11 is 0. The topological polar surface area (TPSA) is 80.5 Å². The molecule has 0 aliphatic carbocycles. The number of urea groups is 1. The minimum Gasteiger partial charge on any atom is -0.494 e. The van der Waals surface area contributed by atoms with Gasteiger partial charge < -0.3 is 14.6 Å². The van der Waals surface area contributed by atoms with Crippen LogP contribution in [-0.2, 0) is 6.42 Å². The van der Waals surface area contributed by atoms with E-state index >= 15 is 0 Å². The molecule has 7 nitrogen and oxygen atoms in total. The molecule has 33 heavy (non-hydrogen) atoms. The fourth-order valence-electron chi connectivity index (χ4n) is 4.06. The Bertz CT molecular complexity index is 1130. The minimum atomic E-state index is -0.370. The second kappa shape index (κ2) is 9.90. The minimum absolute atomic E-state index is 0.117. The van der Waals surface area contributed by atoms with Gasteiger partial charge in [-0.05, 0) is 62.1 Å². The Kier molecular flexibility index (Phi) is 6.77. The first-order chi connectivity index (χ1) is 16.0. The van der Waals surface area contributed by atoms with E-state index in [0.717, 1.165) is 41.0 Å². The maximum absolute atomic E-state index is 12.9. The summed E-state index contributed by atoms with van der Waals surface area (Å²) in [5.74, 6) is 1.69. The number of amides is 2. The molecule has 4 rings (SSSR count). The van der Waals surface area contributed by atoms with Crippen LogP contribution in [0.5, 0.6) is 5.75 Å². The monoisotopic (exact) mass is 446 g/mol. The van der Waals surface area contributed by atoms with Crippen molar-refractivity contribution >= 4 is 11.6 Å². The van der Waals surface area contributed by atoms with Gasteiger partial charge in [-0.2, -0.15) is 4.98 Å². The number of nitrogens with zero attached hydrogens (tertiary/aromatic N) is 3. The summed E-state index contributed by atoms with van der Waals surface area (Å²) in [4.78, 5) is 19.3. The predicted molar refractivity (Wildman–Crippen MR) is 128 cm³/mol. The number of rotatable bonds is 8. The quantitative estimate of drug-likeness (QED) is 0.487. The Hall–Kier alpha value is -3.61. The van der Waals surface area contributed by atoms with Crippen LogP contribution in [0.15, 0.2) is 58.8 Å². The van der Waals surface area contributed by atoms with Crippen molar-refractivity contribution in [3.63, 3.8) is 0 Å². The Balaban J connectivity index is 1.74. The Morgan fingerprint density at radius 3 is 2.42 bits per heavy atom. The smallest absolute Gasteiger partial charge is 0.322 e. The molecule has 172 valence electrons. The third kappa shape index (κ3) is 4.62. The van der Waals surface area contributed by atoms with Gasteiger partial charge in [-0.25, -0.2) is 4.79 Å². The number of carbonyl (C=O) groups is 1. The van der Waals surface area contributed by atoms with Gasteiger partial charge in [0.25, 0.3) is 5.89 Å². The largest absolute Gasteiger partial charge is 0.494 e.